The van der Waals surface area contributed by atoms with Gasteiger partial charge in [0.2, 0.25) is 0 Å². The molecule has 0 spiro atoms. The van der Waals surface area contributed by atoms with Crippen molar-refractivity contribution in [2.75, 3.05) is 20.2 Å². The van der Waals surface area contributed by atoms with Crippen molar-refractivity contribution in [3.8, 4) is 0 Å². The van der Waals surface area contributed by atoms with Crippen molar-refractivity contribution < 1.29 is 5.11 Å². The van der Waals surface area contributed by atoms with E-state index in [0.717, 1.165) is 19.4 Å². The van der Waals surface area contributed by atoms with Crippen molar-refractivity contribution in [3.63, 3.8) is 0 Å². The van der Waals surface area contributed by atoms with Crippen molar-refractivity contribution in [3.05, 3.63) is 12.2 Å². The molecule has 0 unspecified atom stereocenters. The lowest BCUT2D eigenvalue weighted by Crippen LogP contribution is -2.05. The van der Waals surface area contributed by atoms with Crippen molar-refractivity contribution >= 4 is 0 Å². The molecule has 0 atom stereocenters. The van der Waals surface area contributed by atoms with Gasteiger partial charge in [-0.2, -0.15) is 0 Å². The van der Waals surface area contributed by atoms with Crippen LogP contribution in [0.5, 0.6) is 0 Å². The van der Waals surface area contributed by atoms with Gasteiger partial charge >= 0.3 is 0 Å². The van der Waals surface area contributed by atoms with Crippen LogP contribution < -0.4 is 5.32 Å². The Morgan fingerprint density at radius 1 is 1.33 bits per heavy atom. The maximum absolute atomic E-state index is 8.36. The Morgan fingerprint density at radius 2 is 2.00 bits per heavy atom. The Morgan fingerprint density at radius 3 is 2.56 bits per heavy atom. The van der Waals surface area contributed by atoms with Gasteiger partial charge in [-0.15, -0.1) is 0 Å². The summed E-state index contributed by atoms with van der Waals surface area (Å²) in [5.41, 5.74) is 0. The Bertz CT molecular complexity index is 71.3. The van der Waals surface area contributed by atoms with Gasteiger partial charge in [-0.25, -0.2) is 0 Å². The highest BCUT2D eigenvalue weighted by atomic mass is 16.2. The molecule has 0 fully saturated rings. The van der Waals surface area contributed by atoms with Gasteiger partial charge in [0, 0.05) is 6.61 Å². The number of hydrogen-bond acceptors (Lipinski definition) is 2. The van der Waals surface area contributed by atoms with E-state index in [9.17, 15) is 0 Å². The summed E-state index contributed by atoms with van der Waals surface area (Å²) in [6.45, 7) is 1.28. The van der Waals surface area contributed by atoms with Gasteiger partial charge in [0.1, 0.15) is 0 Å². The first-order valence-electron chi connectivity index (χ1n) is 3.32. The van der Waals surface area contributed by atoms with E-state index in [2.05, 4.69) is 11.4 Å². The molecule has 0 saturated carbocycles. The molecule has 0 aliphatic rings. The Balaban J connectivity index is 2.86. The summed E-state index contributed by atoms with van der Waals surface area (Å²) in [4.78, 5) is 0. The van der Waals surface area contributed by atoms with Crippen LogP contribution in [0.3, 0.4) is 0 Å². The molecular weight excluding hydrogens is 114 g/mol. The number of hydrogen-bond donors (Lipinski definition) is 2. The molecule has 0 rings (SSSR count). The molecule has 0 aliphatic carbocycles. The lowest BCUT2D eigenvalue weighted by Gasteiger charge is -1.89. The molecule has 0 aromatic rings. The summed E-state index contributed by atoms with van der Waals surface area (Å²) in [6, 6.07) is 0. The summed E-state index contributed by atoms with van der Waals surface area (Å²) in [5.74, 6) is 0. The first-order valence-corrected chi connectivity index (χ1v) is 3.32. The van der Waals surface area contributed by atoms with E-state index >= 15 is 0 Å². The molecule has 0 amide bonds. The highest BCUT2D eigenvalue weighted by Gasteiger charge is 1.75. The van der Waals surface area contributed by atoms with Gasteiger partial charge < -0.3 is 10.4 Å². The van der Waals surface area contributed by atoms with E-state index in [1.807, 2.05) is 13.1 Å². The molecule has 0 heterocycles. The fraction of sp³-hybridized carbons (Fsp3) is 0.714. The Hall–Kier alpha value is -0.340. The van der Waals surface area contributed by atoms with Crippen LogP contribution in [-0.4, -0.2) is 25.3 Å². The van der Waals surface area contributed by atoms with Crippen LogP contribution in [0.1, 0.15) is 12.8 Å². The van der Waals surface area contributed by atoms with Gasteiger partial charge in [0.05, 0.1) is 0 Å². The maximum atomic E-state index is 8.36. The number of nitrogens with one attached hydrogen (secondary N) is 1. The van der Waals surface area contributed by atoms with Gasteiger partial charge in [-0.3, -0.25) is 0 Å². The molecule has 0 aliphatic heterocycles. The van der Waals surface area contributed by atoms with Crippen LogP contribution in [-0.2, 0) is 0 Å². The third-order valence-electron chi connectivity index (χ3n) is 1.02. The summed E-state index contributed by atoms with van der Waals surface area (Å²) in [7, 11) is 1.93. The summed E-state index contributed by atoms with van der Waals surface area (Å²) in [5, 5.41) is 11.4. The first-order chi connectivity index (χ1) is 4.41. The molecule has 2 heteroatoms. The highest BCUT2D eigenvalue weighted by Crippen LogP contribution is 1.83. The minimum absolute atomic E-state index is 0.260. The number of rotatable bonds is 5. The highest BCUT2D eigenvalue weighted by molar-refractivity contribution is 4.81. The van der Waals surface area contributed by atoms with E-state index in [0.29, 0.717) is 0 Å². The predicted molar refractivity (Wildman–Crippen MR) is 39.4 cm³/mol. The third kappa shape index (κ3) is 7.66. The normalized spacial score (nSPS) is 10.9. The SMILES string of the molecule is CNCC/C=C\CCO. The molecule has 0 aromatic heterocycles. The molecule has 0 bridgehead atoms. The van der Waals surface area contributed by atoms with E-state index in [1.165, 1.54) is 0 Å². The first kappa shape index (κ1) is 8.66. The average Bonchev–Trinajstić information content (AvgIpc) is 1.89. The summed E-state index contributed by atoms with van der Waals surface area (Å²) in [6.07, 6.45) is 5.91. The van der Waals surface area contributed by atoms with Crippen LogP contribution in [0.25, 0.3) is 0 Å². The molecule has 0 saturated heterocycles. The van der Waals surface area contributed by atoms with Crippen LogP contribution in [0.4, 0.5) is 0 Å². The summed E-state index contributed by atoms with van der Waals surface area (Å²) >= 11 is 0. The van der Waals surface area contributed by atoms with Crippen molar-refractivity contribution in [2.24, 2.45) is 0 Å². The molecule has 2 nitrogen and oxygen atoms in total. The molecule has 9 heavy (non-hydrogen) atoms. The van der Waals surface area contributed by atoms with Gasteiger partial charge in [-0.05, 0) is 26.4 Å². The fourth-order valence-corrected chi connectivity index (χ4v) is 0.538. The maximum Gasteiger partial charge on any atom is 0.0465 e. The second-order valence-corrected chi connectivity index (χ2v) is 1.88. The standard InChI is InChI=1S/C7H15NO/c1-8-6-4-2-3-5-7-9/h2-3,8-9H,4-7H2,1H3/b3-2-. The van der Waals surface area contributed by atoms with Crippen LogP contribution in [0, 0.1) is 0 Å². The quantitative estimate of drug-likeness (QED) is 0.419. The van der Waals surface area contributed by atoms with Crippen molar-refractivity contribution in [1.82, 2.24) is 5.32 Å². The lowest BCUT2D eigenvalue weighted by atomic mass is 10.3. The monoisotopic (exact) mass is 129 g/mol. The zero-order chi connectivity index (χ0) is 6.95. The van der Waals surface area contributed by atoms with Gasteiger partial charge in [0.15, 0.2) is 0 Å². The molecular formula is C7H15NO. The largest absolute Gasteiger partial charge is 0.396 e. The molecule has 0 radical (unpaired) electrons. The van der Waals surface area contributed by atoms with E-state index in [1.54, 1.807) is 0 Å². The fourth-order valence-electron chi connectivity index (χ4n) is 0.538. The Kier molecular flexibility index (Phi) is 7.37. The second kappa shape index (κ2) is 7.66. The lowest BCUT2D eigenvalue weighted by molar-refractivity contribution is 0.302. The number of aliphatic hydroxyl groups is 1. The predicted octanol–water partition coefficient (Wildman–Crippen LogP) is 0.534. The van der Waals surface area contributed by atoms with Gasteiger partial charge in [0.25, 0.3) is 0 Å². The zero-order valence-electron chi connectivity index (χ0n) is 5.93. The second-order valence-electron chi connectivity index (χ2n) is 1.88. The van der Waals surface area contributed by atoms with Crippen LogP contribution >= 0.6 is 0 Å². The average molecular weight is 129 g/mol. The van der Waals surface area contributed by atoms with Crippen LogP contribution in [0.15, 0.2) is 12.2 Å². The smallest absolute Gasteiger partial charge is 0.0465 e. The van der Waals surface area contributed by atoms with Crippen molar-refractivity contribution in [2.45, 2.75) is 12.8 Å². The minimum atomic E-state index is 0.260. The minimum Gasteiger partial charge on any atom is -0.396 e. The van der Waals surface area contributed by atoms with Crippen LogP contribution in [0.2, 0.25) is 0 Å². The zero-order valence-corrected chi connectivity index (χ0v) is 5.93. The number of aliphatic hydroxyl groups excluding tert-OH is 1. The molecule has 0 aromatic carbocycles. The van der Waals surface area contributed by atoms with E-state index in [4.69, 9.17) is 5.11 Å². The third-order valence-corrected chi connectivity index (χ3v) is 1.02. The molecule has 54 valence electrons. The Labute approximate surface area is 56.6 Å². The van der Waals surface area contributed by atoms with E-state index in [-0.39, 0.29) is 6.61 Å². The molecule has 2 N–H and O–H groups in total. The van der Waals surface area contributed by atoms with Crippen molar-refractivity contribution in [1.29, 1.82) is 0 Å². The topological polar surface area (TPSA) is 32.3 Å². The summed E-state index contributed by atoms with van der Waals surface area (Å²) < 4.78 is 0. The van der Waals surface area contributed by atoms with Gasteiger partial charge in [-0.1, -0.05) is 12.2 Å². The van der Waals surface area contributed by atoms with E-state index < -0.39 is 0 Å².